The molecule has 1 saturated heterocycles. The average Bonchev–Trinajstić information content (AvgIpc) is 2.56. The molecule has 2 heterocycles. The molecule has 1 N–H and O–H groups in total. The van der Waals surface area contributed by atoms with Gasteiger partial charge in [-0.15, -0.1) is 5.10 Å². The quantitative estimate of drug-likeness (QED) is 0.760. The highest BCUT2D eigenvalue weighted by Gasteiger charge is 2.31. The third-order valence-corrected chi connectivity index (χ3v) is 7.00. The average molecular weight is 373 g/mol. The Balaban J connectivity index is 2.23. The summed E-state index contributed by atoms with van der Waals surface area (Å²) in [4.78, 5) is 0. The summed E-state index contributed by atoms with van der Waals surface area (Å²) in [5, 5.41) is 7.07. The van der Waals surface area contributed by atoms with E-state index in [0.29, 0.717) is 12.8 Å². The summed E-state index contributed by atoms with van der Waals surface area (Å²) in [7, 11) is -5.57. The Hall–Kier alpha value is -0.520. The van der Waals surface area contributed by atoms with Crippen molar-refractivity contribution in [2.45, 2.75) is 23.9 Å². The molecule has 11 heteroatoms. The molecule has 8 nitrogen and oxygen atoms in total. The summed E-state index contributed by atoms with van der Waals surface area (Å²) < 4.78 is 51.0. The number of halogens is 1. The van der Waals surface area contributed by atoms with Crippen LogP contribution in [0.5, 0.6) is 0 Å². The molecule has 1 aromatic rings. The molecule has 0 aromatic carbocycles. The van der Waals surface area contributed by atoms with Crippen molar-refractivity contribution in [2.24, 2.45) is 7.05 Å². The monoisotopic (exact) mass is 372 g/mol. The fourth-order valence-electron chi connectivity index (χ4n) is 2.00. The van der Waals surface area contributed by atoms with Crippen LogP contribution in [0.4, 0.5) is 0 Å². The molecule has 0 saturated carbocycles. The second kappa shape index (κ2) is 5.11. The van der Waals surface area contributed by atoms with E-state index in [-0.39, 0.29) is 21.1 Å². The molecule has 19 heavy (non-hydrogen) atoms. The van der Waals surface area contributed by atoms with Gasteiger partial charge in [-0.3, -0.25) is 0 Å². The van der Waals surface area contributed by atoms with E-state index in [4.69, 9.17) is 0 Å². The van der Waals surface area contributed by atoms with Crippen molar-refractivity contribution in [1.82, 2.24) is 19.7 Å². The maximum absolute atomic E-state index is 12.2. The van der Waals surface area contributed by atoms with Crippen LogP contribution in [-0.4, -0.2) is 49.4 Å². The molecule has 2 rings (SSSR count). The highest BCUT2D eigenvalue weighted by molar-refractivity contribution is 9.10. The minimum absolute atomic E-state index is 0.0983. The second-order valence-electron chi connectivity index (χ2n) is 4.38. The number of rotatable bonds is 3. The first-order valence-electron chi connectivity index (χ1n) is 5.49. The molecule has 108 valence electrons. The number of nitrogens with one attached hydrogen (secondary N) is 1. The number of nitrogens with zero attached hydrogens (tertiary/aromatic N) is 3. The maximum Gasteiger partial charge on any atom is 0.260 e. The van der Waals surface area contributed by atoms with Crippen LogP contribution in [0.1, 0.15) is 12.8 Å². The van der Waals surface area contributed by atoms with E-state index in [2.05, 4.69) is 31.0 Å². The first-order valence-corrected chi connectivity index (χ1v) is 9.59. The largest absolute Gasteiger partial charge is 0.260 e. The Morgan fingerprint density at radius 2 is 2.16 bits per heavy atom. The smallest absolute Gasteiger partial charge is 0.235 e. The molecule has 1 aliphatic rings. The molecule has 1 aromatic heterocycles. The molecule has 0 bridgehead atoms. The lowest BCUT2D eigenvalue weighted by atomic mass is 10.2. The van der Waals surface area contributed by atoms with Crippen molar-refractivity contribution < 1.29 is 16.8 Å². The van der Waals surface area contributed by atoms with E-state index in [1.165, 1.54) is 7.05 Å². The Morgan fingerprint density at radius 1 is 1.47 bits per heavy atom. The summed E-state index contributed by atoms with van der Waals surface area (Å²) in [5.41, 5.74) is 0. The zero-order valence-electron chi connectivity index (χ0n) is 10.1. The Labute approximate surface area is 119 Å². The highest BCUT2D eigenvalue weighted by atomic mass is 79.9. The summed E-state index contributed by atoms with van der Waals surface area (Å²) in [6.45, 7) is 0. The molecule has 0 aliphatic carbocycles. The van der Waals surface area contributed by atoms with E-state index in [0.717, 1.165) is 4.68 Å². The normalized spacial score (nSPS) is 23.4. The van der Waals surface area contributed by atoms with Crippen LogP contribution in [0.15, 0.2) is 9.63 Å². The standard InChI is InChI=1S/C8H13BrN4O4S2/c1-13-8(7(9)10-12-13)19(16,17)11-6-3-2-4-18(14,15)5-6/h6,11H,2-5H2,1H3. The van der Waals surface area contributed by atoms with Crippen LogP contribution >= 0.6 is 15.9 Å². The molecular weight excluding hydrogens is 360 g/mol. The number of sulfone groups is 1. The first-order chi connectivity index (χ1) is 8.71. The van der Waals surface area contributed by atoms with Crippen molar-refractivity contribution in [3.05, 3.63) is 4.60 Å². The topological polar surface area (TPSA) is 111 Å². The predicted octanol–water partition coefficient (Wildman–Crippen LogP) is -0.567. The summed E-state index contributed by atoms with van der Waals surface area (Å²) >= 11 is 3.01. The van der Waals surface area contributed by atoms with Gasteiger partial charge in [0.2, 0.25) is 5.03 Å². The van der Waals surface area contributed by atoms with Crippen LogP contribution in [0.3, 0.4) is 0 Å². The Kier molecular flexibility index (Phi) is 4.00. The van der Waals surface area contributed by atoms with Gasteiger partial charge < -0.3 is 0 Å². The van der Waals surface area contributed by atoms with Gasteiger partial charge in [-0.05, 0) is 28.8 Å². The number of hydrogen-bond acceptors (Lipinski definition) is 6. The van der Waals surface area contributed by atoms with Crippen LogP contribution in [-0.2, 0) is 26.9 Å². The van der Waals surface area contributed by atoms with Gasteiger partial charge in [-0.25, -0.2) is 26.2 Å². The number of sulfonamides is 1. The van der Waals surface area contributed by atoms with Crippen LogP contribution in [0.25, 0.3) is 0 Å². The second-order valence-corrected chi connectivity index (χ2v) is 8.99. The van der Waals surface area contributed by atoms with Crippen molar-refractivity contribution in [3.63, 3.8) is 0 Å². The van der Waals surface area contributed by atoms with Crippen molar-refractivity contribution >= 4 is 35.8 Å². The SMILES string of the molecule is Cn1nnc(Br)c1S(=O)(=O)NC1CCCS(=O)(=O)C1. The highest BCUT2D eigenvalue weighted by Crippen LogP contribution is 2.20. The summed E-state index contributed by atoms with van der Waals surface area (Å²) in [6.07, 6.45) is 0.960. The summed E-state index contributed by atoms with van der Waals surface area (Å²) in [6, 6.07) is -0.606. The number of aromatic nitrogens is 3. The molecule has 1 fully saturated rings. The molecule has 0 radical (unpaired) electrons. The van der Waals surface area contributed by atoms with Crippen molar-refractivity contribution in [3.8, 4) is 0 Å². The molecule has 1 atom stereocenters. The van der Waals surface area contributed by atoms with Crippen LogP contribution < -0.4 is 4.72 Å². The number of hydrogen-bond donors (Lipinski definition) is 1. The van der Waals surface area contributed by atoms with Gasteiger partial charge in [0.1, 0.15) is 0 Å². The van der Waals surface area contributed by atoms with Gasteiger partial charge in [-0.2, -0.15) is 0 Å². The van der Waals surface area contributed by atoms with Gasteiger partial charge in [-0.1, -0.05) is 5.21 Å². The van der Waals surface area contributed by atoms with E-state index in [1.54, 1.807) is 0 Å². The van der Waals surface area contributed by atoms with E-state index in [9.17, 15) is 16.8 Å². The van der Waals surface area contributed by atoms with Gasteiger partial charge in [0.15, 0.2) is 14.4 Å². The Morgan fingerprint density at radius 3 is 2.68 bits per heavy atom. The lowest BCUT2D eigenvalue weighted by Crippen LogP contribution is -2.43. The lowest BCUT2D eigenvalue weighted by molar-refractivity contribution is 0.510. The third-order valence-electron chi connectivity index (χ3n) is 2.78. The van der Waals surface area contributed by atoms with Gasteiger partial charge in [0.05, 0.1) is 11.5 Å². The van der Waals surface area contributed by atoms with Crippen LogP contribution in [0.2, 0.25) is 0 Å². The molecular formula is C8H13BrN4O4S2. The van der Waals surface area contributed by atoms with Gasteiger partial charge in [0.25, 0.3) is 10.0 Å². The minimum atomic E-state index is -3.85. The lowest BCUT2D eigenvalue weighted by Gasteiger charge is -2.22. The van der Waals surface area contributed by atoms with E-state index < -0.39 is 25.9 Å². The molecule has 0 spiro atoms. The van der Waals surface area contributed by atoms with E-state index >= 15 is 0 Å². The van der Waals surface area contributed by atoms with Crippen molar-refractivity contribution in [1.29, 1.82) is 0 Å². The predicted molar refractivity (Wildman–Crippen MR) is 70.7 cm³/mol. The molecule has 1 aliphatic heterocycles. The zero-order valence-corrected chi connectivity index (χ0v) is 13.3. The van der Waals surface area contributed by atoms with E-state index in [1.807, 2.05) is 0 Å². The first kappa shape index (κ1) is 14.9. The number of aryl methyl sites for hydroxylation is 1. The van der Waals surface area contributed by atoms with Gasteiger partial charge >= 0.3 is 0 Å². The van der Waals surface area contributed by atoms with Crippen molar-refractivity contribution in [2.75, 3.05) is 11.5 Å². The molecule has 1 unspecified atom stereocenters. The minimum Gasteiger partial charge on any atom is -0.235 e. The molecule has 0 amide bonds. The maximum atomic E-state index is 12.2. The van der Waals surface area contributed by atoms with Gasteiger partial charge in [0, 0.05) is 13.1 Å². The summed E-state index contributed by atoms with van der Waals surface area (Å²) in [5.74, 6) is -0.0582. The zero-order chi connectivity index (χ0) is 14.3. The van der Waals surface area contributed by atoms with Crippen LogP contribution in [0, 0.1) is 0 Å². The fourth-order valence-corrected chi connectivity index (χ4v) is 6.11. The Bertz CT molecular complexity index is 662. The third kappa shape index (κ3) is 3.33. The fraction of sp³-hybridized carbons (Fsp3) is 0.750.